The third-order valence-electron chi connectivity index (χ3n) is 8.66. The Morgan fingerprint density at radius 1 is 1.24 bits per heavy atom. The van der Waals surface area contributed by atoms with Crippen molar-refractivity contribution in [1.82, 2.24) is 9.80 Å². The van der Waals surface area contributed by atoms with Crippen LogP contribution in [-0.2, 0) is 23.9 Å². The lowest BCUT2D eigenvalue weighted by Gasteiger charge is -2.40. The van der Waals surface area contributed by atoms with E-state index in [1.807, 2.05) is 20.8 Å². The van der Waals surface area contributed by atoms with E-state index in [0.717, 1.165) is 19.3 Å². The minimum atomic E-state index is -1.12. The van der Waals surface area contributed by atoms with Crippen LogP contribution in [0.3, 0.4) is 0 Å². The van der Waals surface area contributed by atoms with Crippen LogP contribution >= 0.6 is 0 Å². The van der Waals surface area contributed by atoms with Gasteiger partial charge in [-0.05, 0) is 44.4 Å². The summed E-state index contributed by atoms with van der Waals surface area (Å²) < 4.78 is 12.5. The van der Waals surface area contributed by atoms with Gasteiger partial charge < -0.3 is 24.4 Å². The molecule has 0 aromatic heterocycles. The van der Waals surface area contributed by atoms with Gasteiger partial charge in [0.2, 0.25) is 11.8 Å². The minimum absolute atomic E-state index is 0.0930. The molecule has 3 heterocycles. The Kier molecular flexibility index (Phi) is 9.62. The summed E-state index contributed by atoms with van der Waals surface area (Å²) in [4.78, 5) is 45.4. The molecule has 2 bridgehead atoms. The number of carbonyl (C=O) groups excluding carboxylic acids is 3. The van der Waals surface area contributed by atoms with Gasteiger partial charge >= 0.3 is 5.97 Å². The SMILES string of the molecule is C=CCCCOC(=O)[C@@H]1[C@H]2C(=O)N([C@@H](CO)C(C)C)C(C(=O)N(CC=C)CCCC)C23CC[C@@]1(CC)O3. The first-order valence-electron chi connectivity index (χ1n) is 14.0. The first kappa shape index (κ1) is 29.4. The molecule has 2 amide bonds. The lowest BCUT2D eigenvalue weighted by molar-refractivity contribution is -0.164. The van der Waals surface area contributed by atoms with Crippen molar-refractivity contribution in [1.29, 1.82) is 0 Å². The second-order valence-electron chi connectivity index (χ2n) is 11.1. The molecule has 0 saturated carbocycles. The van der Waals surface area contributed by atoms with Crippen molar-refractivity contribution >= 4 is 17.8 Å². The summed E-state index contributed by atoms with van der Waals surface area (Å²) in [6.07, 6.45) is 8.24. The maximum Gasteiger partial charge on any atom is 0.312 e. The Morgan fingerprint density at radius 2 is 1.97 bits per heavy atom. The van der Waals surface area contributed by atoms with Crippen LogP contribution in [0.15, 0.2) is 25.3 Å². The molecule has 2 unspecified atom stereocenters. The van der Waals surface area contributed by atoms with Gasteiger partial charge in [0.1, 0.15) is 17.6 Å². The van der Waals surface area contributed by atoms with Gasteiger partial charge in [-0.3, -0.25) is 14.4 Å². The number of amides is 2. The minimum Gasteiger partial charge on any atom is -0.465 e. The van der Waals surface area contributed by atoms with Crippen LogP contribution in [0.25, 0.3) is 0 Å². The average molecular weight is 519 g/mol. The second-order valence-corrected chi connectivity index (χ2v) is 11.1. The summed E-state index contributed by atoms with van der Waals surface area (Å²) in [6.45, 7) is 16.3. The number of ether oxygens (including phenoxy) is 2. The van der Waals surface area contributed by atoms with Crippen molar-refractivity contribution < 1.29 is 29.0 Å². The molecular weight excluding hydrogens is 472 g/mol. The molecule has 1 spiro atoms. The molecule has 0 radical (unpaired) electrons. The highest BCUT2D eigenvalue weighted by molar-refractivity contribution is 5.98. The number of rotatable bonds is 15. The number of likely N-dealkylation sites (tertiary alicyclic amines) is 1. The van der Waals surface area contributed by atoms with E-state index in [0.29, 0.717) is 38.8 Å². The number of esters is 1. The van der Waals surface area contributed by atoms with Crippen molar-refractivity contribution in [3.63, 3.8) is 0 Å². The first-order chi connectivity index (χ1) is 17.7. The second kappa shape index (κ2) is 12.1. The van der Waals surface area contributed by atoms with Gasteiger partial charge in [0, 0.05) is 13.1 Å². The van der Waals surface area contributed by atoms with E-state index in [9.17, 15) is 19.5 Å². The molecule has 8 heteroatoms. The van der Waals surface area contributed by atoms with E-state index >= 15 is 0 Å². The molecule has 37 heavy (non-hydrogen) atoms. The summed E-state index contributed by atoms with van der Waals surface area (Å²) in [7, 11) is 0. The number of carbonyl (C=O) groups is 3. The summed E-state index contributed by atoms with van der Waals surface area (Å²) in [5, 5.41) is 10.4. The van der Waals surface area contributed by atoms with Crippen molar-refractivity contribution in [3.05, 3.63) is 25.3 Å². The summed E-state index contributed by atoms with van der Waals surface area (Å²) in [5.41, 5.74) is -1.96. The highest BCUT2D eigenvalue weighted by Gasteiger charge is 2.79. The number of hydrogen-bond donors (Lipinski definition) is 1. The maximum atomic E-state index is 14.3. The van der Waals surface area contributed by atoms with Gasteiger partial charge in [0.15, 0.2) is 0 Å². The lowest BCUT2D eigenvalue weighted by atomic mass is 9.65. The van der Waals surface area contributed by atoms with Crippen LogP contribution in [-0.4, -0.2) is 82.3 Å². The van der Waals surface area contributed by atoms with Crippen LogP contribution in [0, 0.1) is 17.8 Å². The number of unbranched alkanes of at least 4 members (excludes halogenated alkanes) is 2. The molecule has 3 aliphatic rings. The third-order valence-corrected chi connectivity index (χ3v) is 8.66. The van der Waals surface area contributed by atoms with Gasteiger partial charge in [-0.15, -0.1) is 13.2 Å². The molecule has 0 aliphatic carbocycles. The number of aliphatic hydroxyl groups excluding tert-OH is 1. The van der Waals surface area contributed by atoms with Gasteiger partial charge in [-0.2, -0.15) is 0 Å². The zero-order chi connectivity index (χ0) is 27.4. The Hall–Kier alpha value is -2.19. The molecule has 3 aliphatic heterocycles. The summed E-state index contributed by atoms with van der Waals surface area (Å²) in [5.74, 6) is -2.61. The van der Waals surface area contributed by atoms with E-state index in [4.69, 9.17) is 9.47 Å². The smallest absolute Gasteiger partial charge is 0.312 e. The van der Waals surface area contributed by atoms with E-state index in [1.165, 1.54) is 0 Å². The van der Waals surface area contributed by atoms with Crippen LogP contribution in [0.1, 0.15) is 72.6 Å². The van der Waals surface area contributed by atoms with Crippen molar-refractivity contribution in [2.24, 2.45) is 17.8 Å². The van der Waals surface area contributed by atoms with Crippen LogP contribution in [0.5, 0.6) is 0 Å². The van der Waals surface area contributed by atoms with Crippen LogP contribution in [0.2, 0.25) is 0 Å². The molecule has 0 aromatic carbocycles. The highest BCUT2D eigenvalue weighted by Crippen LogP contribution is 2.65. The molecule has 8 nitrogen and oxygen atoms in total. The predicted octanol–water partition coefficient (Wildman–Crippen LogP) is 3.48. The van der Waals surface area contributed by atoms with Gasteiger partial charge in [-0.1, -0.05) is 46.3 Å². The largest absolute Gasteiger partial charge is 0.465 e. The molecule has 1 N–H and O–H groups in total. The standard InChI is InChI=1S/C29H46N2O6/c1-7-11-13-18-36-27(35)23-22-25(33)31(21(19-32)20(5)6)24(26(34)30(16-9-3)17-12-8-2)29(22)15-14-28(23,10-4)37-29/h7,9,20-24,32H,1,3,8,10-19H2,2,4-6H3/t21-,22-,23-,24?,28+,29?/m0/s1. The fourth-order valence-electron chi connectivity index (χ4n) is 6.73. The highest BCUT2D eigenvalue weighted by atomic mass is 16.6. The van der Waals surface area contributed by atoms with Crippen molar-refractivity contribution in [2.75, 3.05) is 26.3 Å². The maximum absolute atomic E-state index is 14.3. The van der Waals surface area contributed by atoms with Crippen LogP contribution in [0.4, 0.5) is 0 Å². The number of aliphatic hydroxyl groups is 1. The predicted molar refractivity (Wildman–Crippen MR) is 141 cm³/mol. The topological polar surface area (TPSA) is 96.4 Å². The Morgan fingerprint density at radius 3 is 2.54 bits per heavy atom. The van der Waals surface area contributed by atoms with Gasteiger partial charge in [0.25, 0.3) is 0 Å². The number of allylic oxidation sites excluding steroid dienone is 1. The number of hydrogen-bond acceptors (Lipinski definition) is 6. The fraction of sp³-hybridized carbons (Fsp3) is 0.759. The first-order valence-corrected chi connectivity index (χ1v) is 14.0. The molecule has 208 valence electrons. The molecule has 6 atom stereocenters. The summed E-state index contributed by atoms with van der Waals surface area (Å²) in [6, 6.07) is -1.48. The number of nitrogens with zero attached hydrogens (tertiary/aromatic N) is 2. The van der Waals surface area contributed by atoms with E-state index < -0.39 is 41.1 Å². The van der Waals surface area contributed by atoms with Gasteiger partial charge in [-0.25, -0.2) is 0 Å². The molecule has 0 aromatic rings. The quantitative estimate of drug-likeness (QED) is 0.203. The fourth-order valence-corrected chi connectivity index (χ4v) is 6.73. The monoisotopic (exact) mass is 518 g/mol. The molecular formula is C29H46N2O6. The molecule has 3 rings (SSSR count). The Bertz CT molecular complexity index is 874. The molecule has 3 fully saturated rings. The van der Waals surface area contributed by atoms with Crippen molar-refractivity contribution in [3.8, 4) is 0 Å². The van der Waals surface area contributed by atoms with E-state index in [-0.39, 0.29) is 30.9 Å². The Balaban J connectivity index is 2.08. The zero-order valence-electron chi connectivity index (χ0n) is 23.1. The Labute approximate surface area is 222 Å². The van der Waals surface area contributed by atoms with Crippen molar-refractivity contribution in [2.45, 2.75) is 95.9 Å². The average Bonchev–Trinajstić information content (AvgIpc) is 3.48. The normalized spacial score (nSPS) is 30.9. The van der Waals surface area contributed by atoms with Gasteiger partial charge in [0.05, 0.1) is 30.8 Å². The van der Waals surface area contributed by atoms with Crippen LogP contribution < -0.4 is 0 Å². The zero-order valence-corrected chi connectivity index (χ0v) is 23.1. The third kappa shape index (κ3) is 4.99. The van der Waals surface area contributed by atoms with E-state index in [1.54, 1.807) is 22.0 Å². The number of fused-ring (bicyclic) bond motifs is 1. The summed E-state index contributed by atoms with van der Waals surface area (Å²) >= 11 is 0. The molecule has 3 saturated heterocycles. The van der Waals surface area contributed by atoms with E-state index in [2.05, 4.69) is 20.1 Å². The lowest BCUT2D eigenvalue weighted by Crippen LogP contribution is -2.59.